The first-order valence-corrected chi connectivity index (χ1v) is 11.8. The Balaban J connectivity index is 1.44. The van der Waals surface area contributed by atoms with Gasteiger partial charge in [0.2, 0.25) is 20.7 Å². The number of ether oxygens (including phenoxy) is 3. The number of benzene rings is 1. The summed E-state index contributed by atoms with van der Waals surface area (Å²) in [5.74, 6) is 1.38. The number of oxazole rings is 1. The number of rotatable bonds is 7. The Kier molecular flexibility index (Phi) is 5.77. The fourth-order valence-electron chi connectivity index (χ4n) is 3.56. The summed E-state index contributed by atoms with van der Waals surface area (Å²) in [4.78, 5) is 6.53. The highest BCUT2D eigenvalue weighted by atomic mass is 32.2. The highest BCUT2D eigenvalue weighted by Gasteiger charge is 2.30. The number of hydrogen-bond donors (Lipinski definition) is 1. The summed E-state index contributed by atoms with van der Waals surface area (Å²) < 4.78 is 54.5. The van der Waals surface area contributed by atoms with Crippen molar-refractivity contribution in [2.45, 2.75) is 9.92 Å². The molecule has 0 saturated carbocycles. The maximum Gasteiger partial charge on any atom is 0.266 e. The van der Waals surface area contributed by atoms with E-state index in [-0.39, 0.29) is 21.7 Å². The van der Waals surface area contributed by atoms with Gasteiger partial charge in [0.05, 0.1) is 24.4 Å². The van der Waals surface area contributed by atoms with Gasteiger partial charge >= 0.3 is 0 Å². The Bertz CT molecular complexity index is 1170. The second-order valence-corrected chi connectivity index (χ2v) is 9.19. The fourth-order valence-corrected chi connectivity index (χ4v) is 4.85. The smallest absolute Gasteiger partial charge is 0.266 e. The third-order valence-corrected chi connectivity index (χ3v) is 6.88. The summed E-state index contributed by atoms with van der Waals surface area (Å²) in [5.41, 5.74) is 0. The molecule has 5 rings (SSSR count). The summed E-state index contributed by atoms with van der Waals surface area (Å²) in [6, 6.07) is 7.84. The van der Waals surface area contributed by atoms with Crippen LogP contribution in [0.1, 0.15) is 0 Å². The molecule has 0 spiro atoms. The first-order valence-electron chi connectivity index (χ1n) is 10.3. The van der Waals surface area contributed by atoms with E-state index in [1.54, 1.807) is 18.2 Å². The van der Waals surface area contributed by atoms with Crippen molar-refractivity contribution in [1.82, 2.24) is 9.88 Å². The van der Waals surface area contributed by atoms with Crippen LogP contribution >= 0.6 is 0 Å². The van der Waals surface area contributed by atoms with Crippen molar-refractivity contribution in [1.29, 1.82) is 0 Å². The lowest BCUT2D eigenvalue weighted by Gasteiger charge is -2.26. The van der Waals surface area contributed by atoms with Gasteiger partial charge < -0.3 is 28.4 Å². The largest absolute Gasteiger partial charge is 0.486 e. The van der Waals surface area contributed by atoms with E-state index in [4.69, 9.17) is 23.0 Å². The standard InChI is InChI=1S/C21H23N3O7S/c25-32(26,15-3-4-16-18(14-15)30-13-12-29-16)21-20(22-5-6-24-7-10-27-11-8-24)31-19(23-21)17-2-1-9-28-17/h1-4,9,14,22H,5-8,10-13H2. The zero-order valence-corrected chi connectivity index (χ0v) is 18.1. The van der Waals surface area contributed by atoms with Crippen LogP contribution in [-0.2, 0) is 14.6 Å². The molecule has 0 amide bonds. The zero-order valence-electron chi connectivity index (χ0n) is 17.3. The minimum Gasteiger partial charge on any atom is -0.486 e. The lowest BCUT2D eigenvalue weighted by molar-refractivity contribution is 0.0398. The minimum atomic E-state index is -4.01. The molecular weight excluding hydrogens is 438 g/mol. The minimum absolute atomic E-state index is 0.0391. The van der Waals surface area contributed by atoms with Gasteiger partial charge in [-0.15, -0.1) is 0 Å². The van der Waals surface area contributed by atoms with E-state index < -0.39 is 9.84 Å². The molecule has 170 valence electrons. The number of sulfone groups is 1. The first-order chi connectivity index (χ1) is 15.6. The Hall–Kier alpha value is -3.02. The molecule has 0 aliphatic carbocycles. The van der Waals surface area contributed by atoms with Crippen LogP contribution in [-0.4, -0.2) is 70.9 Å². The quantitative estimate of drug-likeness (QED) is 0.562. The highest BCUT2D eigenvalue weighted by Crippen LogP contribution is 2.37. The molecule has 0 radical (unpaired) electrons. The van der Waals surface area contributed by atoms with Crippen molar-refractivity contribution < 1.29 is 31.5 Å². The summed E-state index contributed by atoms with van der Waals surface area (Å²) in [5, 5.41) is 2.89. The van der Waals surface area contributed by atoms with Crippen molar-refractivity contribution in [3.63, 3.8) is 0 Å². The van der Waals surface area contributed by atoms with Gasteiger partial charge in [0, 0.05) is 32.2 Å². The molecule has 2 aliphatic heterocycles. The Morgan fingerprint density at radius 3 is 2.62 bits per heavy atom. The van der Waals surface area contributed by atoms with Gasteiger partial charge in [0.1, 0.15) is 13.2 Å². The molecule has 1 fully saturated rings. The average Bonchev–Trinajstić information content (AvgIpc) is 3.50. The average molecular weight is 461 g/mol. The predicted molar refractivity (Wildman–Crippen MR) is 113 cm³/mol. The van der Waals surface area contributed by atoms with E-state index in [0.29, 0.717) is 56.8 Å². The summed E-state index contributed by atoms with van der Waals surface area (Å²) in [6.07, 6.45) is 1.47. The second-order valence-electron chi connectivity index (χ2n) is 7.32. The number of nitrogens with zero attached hydrogens (tertiary/aromatic N) is 2. The van der Waals surface area contributed by atoms with Crippen molar-refractivity contribution in [2.24, 2.45) is 0 Å². The van der Waals surface area contributed by atoms with Crippen LogP contribution in [0.5, 0.6) is 11.5 Å². The second kappa shape index (κ2) is 8.85. The Morgan fingerprint density at radius 2 is 1.84 bits per heavy atom. The topological polar surface area (TPSA) is 116 Å². The van der Waals surface area contributed by atoms with E-state index in [0.717, 1.165) is 13.1 Å². The number of fused-ring (bicyclic) bond motifs is 1. The molecule has 2 aromatic heterocycles. The molecule has 3 aromatic rings. The monoisotopic (exact) mass is 461 g/mol. The Labute approximate surface area is 185 Å². The molecule has 2 aliphatic rings. The van der Waals surface area contributed by atoms with Gasteiger partial charge in [-0.25, -0.2) is 8.42 Å². The summed E-state index contributed by atoms with van der Waals surface area (Å²) in [6.45, 7) is 5.02. The number of nitrogens with one attached hydrogen (secondary N) is 1. The maximum atomic E-state index is 13.5. The van der Waals surface area contributed by atoms with Crippen LogP contribution < -0.4 is 14.8 Å². The predicted octanol–water partition coefficient (Wildman–Crippen LogP) is 2.28. The van der Waals surface area contributed by atoms with E-state index in [2.05, 4.69) is 15.2 Å². The van der Waals surface area contributed by atoms with Crippen molar-refractivity contribution >= 4 is 15.7 Å². The molecule has 10 nitrogen and oxygen atoms in total. The molecule has 1 aromatic carbocycles. The molecule has 4 heterocycles. The lowest BCUT2D eigenvalue weighted by atomic mass is 10.3. The van der Waals surface area contributed by atoms with E-state index in [1.807, 2.05) is 0 Å². The summed E-state index contributed by atoms with van der Waals surface area (Å²) in [7, 11) is -4.01. The number of morpholine rings is 1. The zero-order chi connectivity index (χ0) is 22.0. The van der Waals surface area contributed by atoms with Gasteiger partial charge in [-0.3, -0.25) is 4.90 Å². The summed E-state index contributed by atoms with van der Waals surface area (Å²) >= 11 is 0. The van der Waals surface area contributed by atoms with Gasteiger partial charge in [0.15, 0.2) is 17.3 Å². The number of hydrogen-bond acceptors (Lipinski definition) is 10. The van der Waals surface area contributed by atoms with E-state index in [9.17, 15) is 8.42 Å². The SMILES string of the molecule is O=S(=O)(c1ccc2c(c1)OCCO2)c1nc(-c2ccco2)oc1NCCN1CCOCC1. The molecule has 32 heavy (non-hydrogen) atoms. The van der Waals surface area contributed by atoms with E-state index >= 15 is 0 Å². The maximum absolute atomic E-state index is 13.5. The van der Waals surface area contributed by atoms with Crippen LogP contribution in [0, 0.1) is 0 Å². The van der Waals surface area contributed by atoms with Crippen LogP contribution in [0.4, 0.5) is 5.88 Å². The van der Waals surface area contributed by atoms with E-state index in [1.165, 1.54) is 18.4 Å². The van der Waals surface area contributed by atoms with Crippen LogP contribution in [0.3, 0.4) is 0 Å². The van der Waals surface area contributed by atoms with Gasteiger partial charge in [-0.1, -0.05) is 0 Å². The van der Waals surface area contributed by atoms with Crippen LogP contribution in [0.25, 0.3) is 11.7 Å². The van der Waals surface area contributed by atoms with Gasteiger partial charge in [-0.05, 0) is 24.3 Å². The molecule has 0 unspecified atom stereocenters. The number of furan rings is 1. The van der Waals surface area contributed by atoms with Crippen molar-refractivity contribution in [3.05, 3.63) is 36.6 Å². The highest BCUT2D eigenvalue weighted by molar-refractivity contribution is 7.91. The molecule has 0 atom stereocenters. The Morgan fingerprint density at radius 1 is 1.03 bits per heavy atom. The lowest BCUT2D eigenvalue weighted by Crippen LogP contribution is -2.39. The van der Waals surface area contributed by atoms with Crippen molar-refractivity contribution in [3.8, 4) is 23.1 Å². The first kappa shape index (κ1) is 20.9. The fraction of sp³-hybridized carbons (Fsp3) is 0.381. The molecule has 1 N–H and O–H groups in total. The van der Waals surface area contributed by atoms with Crippen molar-refractivity contribution in [2.75, 3.05) is 57.9 Å². The third kappa shape index (κ3) is 4.18. The van der Waals surface area contributed by atoms with Crippen LogP contribution in [0.2, 0.25) is 0 Å². The molecule has 0 bridgehead atoms. The normalized spacial score (nSPS) is 16.8. The number of aromatic nitrogens is 1. The molecule has 1 saturated heterocycles. The van der Waals surface area contributed by atoms with Crippen LogP contribution in [0.15, 0.2) is 55.4 Å². The van der Waals surface area contributed by atoms with Gasteiger partial charge in [0.25, 0.3) is 5.89 Å². The molecule has 11 heteroatoms. The van der Waals surface area contributed by atoms with Gasteiger partial charge in [-0.2, -0.15) is 4.98 Å². The number of anilines is 1. The molecular formula is C21H23N3O7S. The third-order valence-electron chi connectivity index (χ3n) is 5.22.